The minimum Gasteiger partial charge on any atom is -0.478 e. The van der Waals surface area contributed by atoms with Crippen LogP contribution in [0.5, 0.6) is 5.75 Å². The van der Waals surface area contributed by atoms with Crippen LogP contribution in [0.15, 0.2) is 42.5 Å². The highest BCUT2D eigenvalue weighted by atomic mass is 35.5. The van der Waals surface area contributed by atoms with Crippen LogP contribution in [0.25, 0.3) is 0 Å². The highest BCUT2D eigenvalue weighted by Crippen LogP contribution is 2.27. The van der Waals surface area contributed by atoms with E-state index in [-0.39, 0.29) is 6.42 Å². The van der Waals surface area contributed by atoms with Gasteiger partial charge in [0.25, 0.3) is 0 Å². The molecule has 0 saturated carbocycles. The first-order valence-electron chi connectivity index (χ1n) is 6.05. The van der Waals surface area contributed by atoms with Gasteiger partial charge >= 0.3 is 5.97 Å². The van der Waals surface area contributed by atoms with Gasteiger partial charge in [0.2, 0.25) is 0 Å². The lowest BCUT2D eigenvalue weighted by molar-refractivity contribution is -0.145. The normalized spacial score (nSPS) is 12.0. The summed E-state index contributed by atoms with van der Waals surface area (Å²) in [6.45, 7) is 0. The zero-order valence-electron chi connectivity index (χ0n) is 10.7. The van der Waals surface area contributed by atoms with Crippen LogP contribution in [0, 0.1) is 0 Å². The lowest BCUT2D eigenvalue weighted by atomic mass is 10.1. The molecule has 0 spiro atoms. The second-order valence-corrected chi connectivity index (χ2v) is 5.55. The Morgan fingerprint density at radius 1 is 1.05 bits per heavy atom. The fraction of sp³-hybridized carbons (Fsp3) is 0.133. The second-order valence-electron chi connectivity index (χ2n) is 4.30. The Morgan fingerprint density at radius 2 is 1.62 bits per heavy atom. The fourth-order valence-corrected chi connectivity index (χ4v) is 2.45. The molecule has 6 heteroatoms. The van der Waals surface area contributed by atoms with E-state index >= 15 is 0 Å². The van der Waals surface area contributed by atoms with Crippen molar-refractivity contribution in [1.29, 1.82) is 0 Å². The number of carboxylic acid groups (broad SMARTS) is 1. The largest absolute Gasteiger partial charge is 0.478 e. The van der Waals surface area contributed by atoms with Crippen molar-refractivity contribution < 1.29 is 14.6 Å². The van der Waals surface area contributed by atoms with Crippen LogP contribution in [0.1, 0.15) is 5.56 Å². The quantitative estimate of drug-likeness (QED) is 0.852. The Morgan fingerprint density at radius 3 is 2.14 bits per heavy atom. The number of rotatable bonds is 5. The van der Waals surface area contributed by atoms with E-state index in [1.165, 1.54) is 0 Å². The number of carbonyl (C=O) groups is 1. The molecule has 21 heavy (non-hydrogen) atoms. The molecule has 0 aliphatic rings. The van der Waals surface area contributed by atoms with E-state index in [4.69, 9.17) is 39.5 Å². The Labute approximate surface area is 137 Å². The average Bonchev–Trinajstić information content (AvgIpc) is 2.43. The van der Waals surface area contributed by atoms with Gasteiger partial charge in [0.15, 0.2) is 6.10 Å². The predicted molar refractivity (Wildman–Crippen MR) is 83.7 cm³/mol. The second kappa shape index (κ2) is 7.03. The Kier molecular flexibility index (Phi) is 5.34. The number of ether oxygens (including phenoxy) is 1. The molecule has 0 bridgehead atoms. The van der Waals surface area contributed by atoms with Gasteiger partial charge in [0.1, 0.15) is 5.75 Å². The lowest BCUT2D eigenvalue weighted by Gasteiger charge is -2.16. The van der Waals surface area contributed by atoms with Gasteiger partial charge in [0.05, 0.1) is 0 Å². The standard InChI is InChI=1S/C15H11Cl3O3/c16-9-4-6-10(7-5-9)21-14(15(19)20)8-11-12(17)2-1-3-13(11)18/h1-7,14H,8H2,(H,19,20). The minimum atomic E-state index is -1.10. The van der Waals surface area contributed by atoms with Crippen LogP contribution in [-0.4, -0.2) is 17.2 Å². The summed E-state index contributed by atoms with van der Waals surface area (Å²) in [7, 11) is 0. The molecule has 0 amide bonds. The van der Waals surface area contributed by atoms with Crippen LogP contribution in [0.3, 0.4) is 0 Å². The van der Waals surface area contributed by atoms with Crippen molar-refractivity contribution in [3.63, 3.8) is 0 Å². The summed E-state index contributed by atoms with van der Waals surface area (Å²) in [4.78, 5) is 11.4. The molecule has 1 N–H and O–H groups in total. The number of carboxylic acids is 1. The van der Waals surface area contributed by atoms with Gasteiger partial charge in [-0.1, -0.05) is 40.9 Å². The topological polar surface area (TPSA) is 46.5 Å². The molecule has 0 saturated heterocycles. The van der Waals surface area contributed by atoms with Crippen molar-refractivity contribution in [2.24, 2.45) is 0 Å². The third kappa shape index (κ3) is 4.27. The van der Waals surface area contributed by atoms with E-state index in [0.29, 0.717) is 26.4 Å². The van der Waals surface area contributed by atoms with E-state index in [1.54, 1.807) is 42.5 Å². The fourth-order valence-electron chi connectivity index (χ4n) is 1.77. The Balaban J connectivity index is 2.20. The molecule has 0 fully saturated rings. The van der Waals surface area contributed by atoms with E-state index in [0.717, 1.165) is 0 Å². The summed E-state index contributed by atoms with van der Waals surface area (Å²) < 4.78 is 5.47. The van der Waals surface area contributed by atoms with Crippen molar-refractivity contribution in [2.75, 3.05) is 0 Å². The monoisotopic (exact) mass is 344 g/mol. The van der Waals surface area contributed by atoms with Gasteiger partial charge < -0.3 is 9.84 Å². The Bertz CT molecular complexity index is 621. The molecule has 0 heterocycles. The number of hydrogen-bond donors (Lipinski definition) is 1. The maximum absolute atomic E-state index is 11.4. The Hall–Kier alpha value is -1.42. The minimum absolute atomic E-state index is 0.0659. The van der Waals surface area contributed by atoms with Gasteiger partial charge in [-0.2, -0.15) is 0 Å². The molecule has 0 radical (unpaired) electrons. The summed E-state index contributed by atoms with van der Waals surface area (Å²) in [5.74, 6) is -0.684. The molecule has 1 unspecified atom stereocenters. The number of benzene rings is 2. The molecular formula is C15H11Cl3O3. The molecular weight excluding hydrogens is 335 g/mol. The summed E-state index contributed by atoms with van der Waals surface area (Å²) in [5.41, 5.74) is 0.544. The van der Waals surface area contributed by atoms with E-state index < -0.39 is 12.1 Å². The SMILES string of the molecule is O=C(O)C(Cc1c(Cl)cccc1Cl)Oc1ccc(Cl)cc1. The van der Waals surface area contributed by atoms with Crippen molar-refractivity contribution in [1.82, 2.24) is 0 Å². The van der Waals surface area contributed by atoms with Crippen LogP contribution in [-0.2, 0) is 11.2 Å². The lowest BCUT2D eigenvalue weighted by Crippen LogP contribution is -2.29. The highest BCUT2D eigenvalue weighted by Gasteiger charge is 2.22. The number of hydrogen-bond acceptors (Lipinski definition) is 2. The zero-order chi connectivity index (χ0) is 15.4. The molecule has 0 aromatic heterocycles. The third-order valence-corrected chi connectivity index (χ3v) is 3.78. The van der Waals surface area contributed by atoms with E-state index in [2.05, 4.69) is 0 Å². The number of aliphatic carboxylic acids is 1. The molecule has 0 aliphatic heterocycles. The van der Waals surface area contributed by atoms with Crippen molar-refractivity contribution >= 4 is 40.8 Å². The van der Waals surface area contributed by atoms with Gasteiger partial charge in [-0.15, -0.1) is 0 Å². The molecule has 2 aromatic rings. The summed E-state index contributed by atoms with van der Waals surface area (Å²) in [6, 6.07) is 11.5. The van der Waals surface area contributed by atoms with Crippen molar-refractivity contribution in [3.8, 4) is 5.75 Å². The van der Waals surface area contributed by atoms with Crippen LogP contribution >= 0.6 is 34.8 Å². The number of halogens is 3. The third-order valence-electron chi connectivity index (χ3n) is 2.82. The maximum Gasteiger partial charge on any atom is 0.345 e. The van der Waals surface area contributed by atoms with Gasteiger partial charge in [-0.05, 0) is 42.0 Å². The molecule has 1 atom stereocenters. The van der Waals surface area contributed by atoms with E-state index in [1.807, 2.05) is 0 Å². The molecule has 2 rings (SSSR count). The maximum atomic E-state index is 11.4. The first-order valence-corrected chi connectivity index (χ1v) is 7.18. The zero-order valence-corrected chi connectivity index (χ0v) is 13.0. The van der Waals surface area contributed by atoms with Crippen LogP contribution in [0.2, 0.25) is 15.1 Å². The smallest absolute Gasteiger partial charge is 0.345 e. The molecule has 3 nitrogen and oxygen atoms in total. The van der Waals surface area contributed by atoms with Gasteiger partial charge in [-0.25, -0.2) is 4.79 Å². The van der Waals surface area contributed by atoms with Gasteiger partial charge in [-0.3, -0.25) is 0 Å². The predicted octanol–water partition coefficient (Wildman–Crippen LogP) is 4.72. The summed E-state index contributed by atoms with van der Waals surface area (Å²) in [6.07, 6.45) is -1.03. The van der Waals surface area contributed by atoms with E-state index in [9.17, 15) is 9.90 Å². The molecule has 2 aromatic carbocycles. The molecule has 110 valence electrons. The van der Waals surface area contributed by atoms with Crippen molar-refractivity contribution in [3.05, 3.63) is 63.1 Å². The first-order chi connectivity index (χ1) is 9.97. The highest BCUT2D eigenvalue weighted by molar-refractivity contribution is 6.36. The molecule has 0 aliphatic carbocycles. The van der Waals surface area contributed by atoms with Gasteiger partial charge in [0, 0.05) is 21.5 Å². The average molecular weight is 346 g/mol. The first kappa shape index (κ1) is 16.0. The summed E-state index contributed by atoms with van der Waals surface area (Å²) >= 11 is 17.9. The van der Waals surface area contributed by atoms with Crippen LogP contribution in [0.4, 0.5) is 0 Å². The van der Waals surface area contributed by atoms with Crippen LogP contribution < -0.4 is 4.74 Å². The summed E-state index contributed by atoms with van der Waals surface area (Å²) in [5, 5.41) is 10.7. The van der Waals surface area contributed by atoms with Crippen molar-refractivity contribution in [2.45, 2.75) is 12.5 Å².